The molecular formula is C12H14ClN3O2S. The first-order valence-electron chi connectivity index (χ1n) is 5.26. The Bertz CT molecular complexity index is 621. The van der Waals surface area contributed by atoms with E-state index in [9.17, 15) is 8.42 Å². The van der Waals surface area contributed by atoms with Crippen LogP contribution < -0.4 is 10.9 Å². The van der Waals surface area contributed by atoms with Crippen molar-refractivity contribution >= 4 is 27.4 Å². The summed E-state index contributed by atoms with van der Waals surface area (Å²) in [5.41, 5.74) is 5.93. The van der Waals surface area contributed by atoms with Crippen LogP contribution in [0.1, 0.15) is 5.56 Å². The summed E-state index contributed by atoms with van der Waals surface area (Å²) < 4.78 is 21.7. The van der Waals surface area contributed by atoms with Crippen LogP contribution in [-0.2, 0) is 10.0 Å². The zero-order valence-electron chi connectivity index (χ0n) is 10.2. The molecule has 19 heavy (non-hydrogen) atoms. The Morgan fingerprint density at radius 3 is 2.16 bits per heavy atom. The second-order valence-corrected chi connectivity index (χ2v) is 5.68. The SMILES string of the molecule is Cc1ccccc1S(N)(=O)=O.Nc1ccc(Cl)cn1. The molecule has 0 atom stereocenters. The second-order valence-electron chi connectivity index (χ2n) is 3.71. The Labute approximate surface area is 117 Å². The van der Waals surface area contributed by atoms with E-state index in [0.717, 1.165) is 0 Å². The van der Waals surface area contributed by atoms with Gasteiger partial charge < -0.3 is 5.73 Å². The van der Waals surface area contributed by atoms with Crippen molar-refractivity contribution in [2.45, 2.75) is 11.8 Å². The molecule has 5 nitrogen and oxygen atoms in total. The van der Waals surface area contributed by atoms with Crippen LogP contribution in [0.2, 0.25) is 5.02 Å². The van der Waals surface area contributed by atoms with Crippen LogP contribution >= 0.6 is 11.6 Å². The van der Waals surface area contributed by atoms with Gasteiger partial charge >= 0.3 is 0 Å². The number of hydrogen-bond donors (Lipinski definition) is 2. The van der Waals surface area contributed by atoms with Gasteiger partial charge in [0.2, 0.25) is 10.0 Å². The molecule has 7 heteroatoms. The van der Waals surface area contributed by atoms with Crippen molar-refractivity contribution in [3.63, 3.8) is 0 Å². The summed E-state index contributed by atoms with van der Waals surface area (Å²) in [7, 11) is -3.53. The molecule has 0 saturated heterocycles. The minimum atomic E-state index is -3.53. The lowest BCUT2D eigenvalue weighted by Gasteiger charge is -2.00. The zero-order valence-corrected chi connectivity index (χ0v) is 11.8. The molecule has 0 aliphatic carbocycles. The molecular weight excluding hydrogens is 286 g/mol. The van der Waals surface area contributed by atoms with Gasteiger partial charge in [-0.15, -0.1) is 0 Å². The van der Waals surface area contributed by atoms with E-state index >= 15 is 0 Å². The van der Waals surface area contributed by atoms with Crippen molar-refractivity contribution in [2.24, 2.45) is 5.14 Å². The standard InChI is InChI=1S/C7H9NO2S.C5H5ClN2/c1-6-4-2-3-5-7(6)11(8,9)10;6-4-1-2-5(7)8-3-4/h2-5H,1H3,(H2,8,9,10);1-3H,(H2,7,8). The summed E-state index contributed by atoms with van der Waals surface area (Å²) in [5.74, 6) is 0.495. The topological polar surface area (TPSA) is 99.1 Å². The minimum Gasteiger partial charge on any atom is -0.384 e. The van der Waals surface area contributed by atoms with Crippen molar-refractivity contribution in [3.05, 3.63) is 53.2 Å². The lowest BCUT2D eigenvalue weighted by Crippen LogP contribution is -2.13. The highest BCUT2D eigenvalue weighted by Gasteiger charge is 2.08. The number of aromatic nitrogens is 1. The number of sulfonamides is 1. The molecule has 0 radical (unpaired) electrons. The lowest BCUT2D eigenvalue weighted by molar-refractivity contribution is 0.597. The van der Waals surface area contributed by atoms with E-state index < -0.39 is 10.0 Å². The Kier molecular flexibility index (Phi) is 5.29. The molecule has 0 fully saturated rings. The quantitative estimate of drug-likeness (QED) is 0.840. The number of nitrogens with zero attached hydrogens (tertiary/aromatic N) is 1. The van der Waals surface area contributed by atoms with E-state index in [2.05, 4.69) is 4.98 Å². The summed E-state index contributed by atoms with van der Waals surface area (Å²) in [6.07, 6.45) is 1.51. The lowest BCUT2D eigenvalue weighted by atomic mass is 10.2. The molecule has 0 spiro atoms. The Morgan fingerprint density at radius 2 is 1.79 bits per heavy atom. The molecule has 0 bridgehead atoms. The van der Waals surface area contributed by atoms with Crippen molar-refractivity contribution in [1.82, 2.24) is 4.98 Å². The van der Waals surface area contributed by atoms with E-state index in [1.165, 1.54) is 12.3 Å². The largest absolute Gasteiger partial charge is 0.384 e. The number of anilines is 1. The summed E-state index contributed by atoms with van der Waals surface area (Å²) in [4.78, 5) is 3.92. The average Bonchev–Trinajstić information content (AvgIpc) is 2.33. The van der Waals surface area contributed by atoms with Crippen molar-refractivity contribution < 1.29 is 8.42 Å². The predicted octanol–water partition coefficient (Wildman–Crippen LogP) is 1.96. The number of halogens is 1. The second kappa shape index (κ2) is 6.51. The minimum absolute atomic E-state index is 0.194. The van der Waals surface area contributed by atoms with Crippen molar-refractivity contribution in [3.8, 4) is 0 Å². The molecule has 0 saturated carbocycles. The number of nitrogens with two attached hydrogens (primary N) is 2. The number of hydrogen-bond acceptors (Lipinski definition) is 4. The van der Waals surface area contributed by atoms with E-state index in [4.69, 9.17) is 22.5 Å². The summed E-state index contributed by atoms with van der Waals surface area (Å²) in [6, 6.07) is 9.97. The van der Waals surface area contributed by atoms with Crippen LogP contribution in [0.3, 0.4) is 0 Å². The molecule has 2 aromatic rings. The molecule has 0 amide bonds. The van der Waals surface area contributed by atoms with Gasteiger partial charge in [0.25, 0.3) is 0 Å². The van der Waals surface area contributed by atoms with Gasteiger partial charge in [0.05, 0.1) is 9.92 Å². The van der Waals surface area contributed by atoms with E-state index in [-0.39, 0.29) is 4.90 Å². The van der Waals surface area contributed by atoms with Crippen LogP contribution in [-0.4, -0.2) is 13.4 Å². The van der Waals surface area contributed by atoms with Gasteiger partial charge in [0.1, 0.15) is 5.82 Å². The van der Waals surface area contributed by atoms with Crippen LogP contribution in [0.15, 0.2) is 47.5 Å². The number of benzene rings is 1. The van der Waals surface area contributed by atoms with Crippen LogP contribution in [0.25, 0.3) is 0 Å². The third kappa shape index (κ3) is 5.25. The van der Waals surface area contributed by atoms with Gasteiger partial charge in [-0.1, -0.05) is 29.8 Å². The fraction of sp³-hybridized carbons (Fsp3) is 0.0833. The highest BCUT2D eigenvalue weighted by molar-refractivity contribution is 7.89. The highest BCUT2D eigenvalue weighted by atomic mass is 35.5. The van der Waals surface area contributed by atoms with E-state index in [0.29, 0.717) is 16.4 Å². The molecule has 2 rings (SSSR count). The normalized spacial score (nSPS) is 10.5. The first kappa shape index (κ1) is 15.4. The van der Waals surface area contributed by atoms with Crippen molar-refractivity contribution in [1.29, 1.82) is 0 Å². The molecule has 102 valence electrons. The third-order valence-corrected chi connectivity index (χ3v) is 3.45. The van der Waals surface area contributed by atoms with Gasteiger partial charge in [-0.25, -0.2) is 18.5 Å². The fourth-order valence-corrected chi connectivity index (χ4v) is 2.16. The number of nitrogen functional groups attached to an aromatic ring is 1. The fourth-order valence-electron chi connectivity index (χ4n) is 1.26. The summed E-state index contributed by atoms with van der Waals surface area (Å²) in [6.45, 7) is 1.71. The average molecular weight is 300 g/mol. The molecule has 4 N–H and O–H groups in total. The van der Waals surface area contributed by atoms with E-state index in [1.807, 2.05) is 0 Å². The van der Waals surface area contributed by atoms with Crippen LogP contribution in [0, 0.1) is 6.92 Å². The Hall–Kier alpha value is -1.63. The van der Waals surface area contributed by atoms with Crippen molar-refractivity contribution in [2.75, 3.05) is 5.73 Å². The Balaban J connectivity index is 0.000000200. The first-order chi connectivity index (χ1) is 8.80. The molecule has 0 unspecified atom stereocenters. The Morgan fingerprint density at radius 1 is 1.16 bits per heavy atom. The van der Waals surface area contributed by atoms with Gasteiger partial charge in [-0.05, 0) is 30.7 Å². The van der Waals surface area contributed by atoms with Crippen LogP contribution in [0.5, 0.6) is 0 Å². The van der Waals surface area contributed by atoms with Gasteiger partial charge in [-0.3, -0.25) is 0 Å². The number of rotatable bonds is 1. The zero-order chi connectivity index (χ0) is 14.5. The van der Waals surface area contributed by atoms with Gasteiger partial charge in [0, 0.05) is 6.20 Å². The maximum Gasteiger partial charge on any atom is 0.238 e. The summed E-state index contributed by atoms with van der Waals surface area (Å²) in [5, 5.41) is 5.54. The number of pyridine rings is 1. The number of primary sulfonamides is 1. The monoisotopic (exact) mass is 299 g/mol. The van der Waals surface area contributed by atoms with Crippen LogP contribution in [0.4, 0.5) is 5.82 Å². The highest BCUT2D eigenvalue weighted by Crippen LogP contribution is 2.11. The predicted molar refractivity (Wildman–Crippen MR) is 76.2 cm³/mol. The van der Waals surface area contributed by atoms with Gasteiger partial charge in [-0.2, -0.15) is 0 Å². The molecule has 0 aliphatic heterocycles. The maximum atomic E-state index is 10.8. The van der Waals surface area contributed by atoms with Gasteiger partial charge in [0.15, 0.2) is 0 Å². The molecule has 1 heterocycles. The smallest absolute Gasteiger partial charge is 0.238 e. The number of aryl methyl sites for hydroxylation is 1. The maximum absolute atomic E-state index is 10.8. The molecule has 0 aliphatic rings. The first-order valence-corrected chi connectivity index (χ1v) is 7.18. The third-order valence-electron chi connectivity index (χ3n) is 2.15. The molecule has 1 aromatic heterocycles. The summed E-state index contributed by atoms with van der Waals surface area (Å²) >= 11 is 5.49. The molecule has 1 aromatic carbocycles. The van der Waals surface area contributed by atoms with E-state index in [1.54, 1.807) is 37.3 Å².